The van der Waals surface area contributed by atoms with Crippen molar-refractivity contribution in [3.05, 3.63) is 12.1 Å². The Kier molecular flexibility index (Phi) is 0.970. The molecule has 0 N–H and O–H groups in total. The maximum absolute atomic E-state index is 5.08. The lowest BCUT2D eigenvalue weighted by atomic mass is 10.1. The zero-order valence-electron chi connectivity index (χ0n) is 4.56. The van der Waals surface area contributed by atoms with Crippen LogP contribution in [0.25, 0.3) is 0 Å². The molecule has 0 saturated heterocycles. The highest BCUT2D eigenvalue weighted by Gasteiger charge is 1.85. The third-order valence-corrected chi connectivity index (χ3v) is 0.875. The molecular weight excluding hydrogens is 85.7 g/mol. The highest BCUT2D eigenvalue weighted by Crippen LogP contribution is 1.71. The summed E-state index contributed by atoms with van der Waals surface area (Å²) >= 11 is 0. The lowest BCUT2D eigenvalue weighted by Crippen LogP contribution is -2.00. The van der Waals surface area contributed by atoms with Gasteiger partial charge < -0.3 is 4.42 Å². The average molecular weight is 91.7 g/mol. The third-order valence-electron chi connectivity index (χ3n) is 0.875. The van der Waals surface area contributed by atoms with Gasteiger partial charge in [0.05, 0.1) is 11.3 Å². The molecule has 0 spiro atoms. The molecule has 0 fully saturated rings. The maximum atomic E-state index is 5.08. The predicted octanol–water partition coefficient (Wildman–Crippen LogP) is -2.20. The van der Waals surface area contributed by atoms with Crippen LogP contribution in [0.3, 0.4) is 0 Å². The van der Waals surface area contributed by atoms with Crippen molar-refractivity contribution in [2.24, 2.45) is 0 Å². The Balaban J connectivity index is 3.04. The van der Waals surface area contributed by atoms with Crippen LogP contribution in [0.2, 0.25) is 0 Å². The van der Waals surface area contributed by atoms with Crippen LogP contribution >= 0.6 is 0 Å². The molecule has 0 bridgehead atoms. The van der Waals surface area contributed by atoms with E-state index in [2.05, 4.69) is 0 Å². The Labute approximate surface area is 44.5 Å². The van der Waals surface area contributed by atoms with E-state index >= 15 is 0 Å². The summed E-state index contributed by atoms with van der Waals surface area (Å²) in [6, 6.07) is 3.91. The minimum Gasteiger partial charge on any atom is -0.488 e. The molecule has 1 aromatic rings. The first-order chi connectivity index (χ1) is 3.29. The van der Waals surface area contributed by atoms with E-state index in [0.29, 0.717) is 0 Å². The van der Waals surface area contributed by atoms with E-state index in [1.807, 2.05) is 27.8 Å². The molecule has 0 unspecified atom stereocenters. The van der Waals surface area contributed by atoms with Gasteiger partial charge >= 0.3 is 0 Å². The van der Waals surface area contributed by atoms with E-state index in [1.165, 1.54) is 0 Å². The number of hydrogen-bond acceptors (Lipinski definition) is 1. The van der Waals surface area contributed by atoms with Crippen molar-refractivity contribution >= 4 is 27.0 Å². The fourth-order valence-electron chi connectivity index (χ4n) is 0.557. The highest BCUT2D eigenvalue weighted by molar-refractivity contribution is 6.34. The normalized spacial score (nSPS) is 9.14. The number of rotatable bonds is 0. The van der Waals surface area contributed by atoms with Crippen molar-refractivity contribution in [2.45, 2.75) is 0 Å². The second-order valence-corrected chi connectivity index (χ2v) is 1.66. The van der Waals surface area contributed by atoms with Gasteiger partial charge in [-0.1, -0.05) is 0 Å². The van der Waals surface area contributed by atoms with Gasteiger partial charge in [-0.25, -0.2) is 0 Å². The maximum Gasteiger partial charge on any atom is 0.186 e. The van der Waals surface area contributed by atoms with Crippen molar-refractivity contribution in [2.75, 3.05) is 0 Å². The van der Waals surface area contributed by atoms with Crippen molar-refractivity contribution in [1.29, 1.82) is 0 Å². The molecule has 7 heavy (non-hydrogen) atoms. The van der Waals surface area contributed by atoms with Crippen molar-refractivity contribution in [1.82, 2.24) is 0 Å². The number of hydrogen-bond donors (Lipinski definition) is 0. The molecule has 0 atom stereocenters. The average Bonchev–Trinajstić information content (AvgIpc) is 1.87. The molecule has 1 heterocycles. The molecule has 0 amide bonds. The van der Waals surface area contributed by atoms with Crippen LogP contribution in [-0.4, -0.2) is 15.7 Å². The lowest BCUT2D eigenvalue weighted by molar-refractivity contribution is 0.639. The second-order valence-electron chi connectivity index (χ2n) is 1.66. The van der Waals surface area contributed by atoms with E-state index < -0.39 is 0 Å². The monoisotopic (exact) mass is 92.1 g/mol. The summed E-state index contributed by atoms with van der Waals surface area (Å²) < 4.78 is 5.08. The Bertz CT molecular complexity index is 142. The topological polar surface area (TPSA) is 13.1 Å². The van der Waals surface area contributed by atoms with Gasteiger partial charge in [-0.2, -0.15) is 0 Å². The molecule has 1 rings (SSSR count). The van der Waals surface area contributed by atoms with Crippen LogP contribution in [0.5, 0.6) is 0 Å². The van der Waals surface area contributed by atoms with Crippen molar-refractivity contribution in [3.8, 4) is 0 Å². The molecular formula is C4H6B2O. The molecule has 1 nitrogen and oxygen atoms in total. The molecule has 0 aromatic carbocycles. The summed E-state index contributed by atoms with van der Waals surface area (Å²) in [6.07, 6.45) is 0. The van der Waals surface area contributed by atoms with E-state index in [1.54, 1.807) is 0 Å². The van der Waals surface area contributed by atoms with Gasteiger partial charge in [-0.05, 0) is 12.1 Å². The van der Waals surface area contributed by atoms with E-state index in [4.69, 9.17) is 4.42 Å². The first-order valence-electron chi connectivity index (χ1n) is 2.32. The first kappa shape index (κ1) is 4.57. The number of furan rings is 1. The quantitative estimate of drug-likeness (QED) is 0.331. The summed E-state index contributed by atoms with van der Waals surface area (Å²) in [5.41, 5.74) is 1.97. The Hall–Kier alpha value is -0.590. The summed E-state index contributed by atoms with van der Waals surface area (Å²) in [4.78, 5) is 0. The zero-order valence-corrected chi connectivity index (χ0v) is 4.56. The van der Waals surface area contributed by atoms with Gasteiger partial charge in [0.2, 0.25) is 0 Å². The van der Waals surface area contributed by atoms with Crippen molar-refractivity contribution < 1.29 is 4.42 Å². The van der Waals surface area contributed by atoms with Crippen LogP contribution < -0.4 is 11.3 Å². The molecule has 34 valence electrons. The van der Waals surface area contributed by atoms with Crippen LogP contribution in [0.1, 0.15) is 0 Å². The minimum absolute atomic E-state index is 0.984. The van der Waals surface area contributed by atoms with Gasteiger partial charge in [-0.3, -0.25) is 0 Å². The highest BCUT2D eigenvalue weighted by atomic mass is 16.3. The summed E-state index contributed by atoms with van der Waals surface area (Å²) in [6.45, 7) is 0. The Morgan fingerprint density at radius 2 is 1.57 bits per heavy atom. The first-order valence-corrected chi connectivity index (χ1v) is 2.32. The van der Waals surface area contributed by atoms with Gasteiger partial charge in [-0.15, -0.1) is 0 Å². The van der Waals surface area contributed by atoms with E-state index in [-0.39, 0.29) is 0 Å². The van der Waals surface area contributed by atoms with E-state index in [0.717, 1.165) is 11.3 Å². The minimum atomic E-state index is 0.984. The molecule has 0 radical (unpaired) electrons. The summed E-state index contributed by atoms with van der Waals surface area (Å²) in [7, 11) is 3.88. The van der Waals surface area contributed by atoms with Gasteiger partial charge in [0, 0.05) is 0 Å². The zero-order chi connectivity index (χ0) is 5.28. The standard InChI is InChI=1S/C4H6B2O/c5-3-1-2-4(6)7-3/h1-2H,5-6H2. The third kappa shape index (κ3) is 0.889. The van der Waals surface area contributed by atoms with Crippen LogP contribution in [-0.2, 0) is 0 Å². The van der Waals surface area contributed by atoms with Crippen LogP contribution in [0, 0.1) is 0 Å². The molecule has 0 aliphatic heterocycles. The molecule has 3 heteroatoms. The summed E-state index contributed by atoms with van der Waals surface area (Å²) in [5.74, 6) is 0. The van der Waals surface area contributed by atoms with Gasteiger partial charge in [0.15, 0.2) is 15.7 Å². The summed E-state index contributed by atoms with van der Waals surface area (Å²) in [5, 5.41) is 0. The van der Waals surface area contributed by atoms with Gasteiger partial charge in [0.1, 0.15) is 0 Å². The van der Waals surface area contributed by atoms with E-state index in [9.17, 15) is 0 Å². The smallest absolute Gasteiger partial charge is 0.186 e. The van der Waals surface area contributed by atoms with Crippen LogP contribution in [0.15, 0.2) is 16.5 Å². The Morgan fingerprint density at radius 1 is 1.14 bits per heavy atom. The predicted molar refractivity (Wildman–Crippen MR) is 35.1 cm³/mol. The fraction of sp³-hybridized carbons (Fsp3) is 0. The van der Waals surface area contributed by atoms with Crippen LogP contribution in [0.4, 0.5) is 0 Å². The fourth-order valence-corrected chi connectivity index (χ4v) is 0.557. The molecule has 1 aromatic heterocycles. The Morgan fingerprint density at radius 3 is 1.71 bits per heavy atom. The molecule has 0 aliphatic carbocycles. The SMILES string of the molecule is Bc1ccc(B)o1. The lowest BCUT2D eigenvalue weighted by Gasteiger charge is -1.76. The van der Waals surface area contributed by atoms with Crippen molar-refractivity contribution in [3.63, 3.8) is 0 Å². The molecule has 0 aliphatic rings. The second kappa shape index (κ2) is 1.49. The molecule has 0 saturated carbocycles. The van der Waals surface area contributed by atoms with Gasteiger partial charge in [0.25, 0.3) is 0 Å². The largest absolute Gasteiger partial charge is 0.488 e.